The molecular formula is C15H23NO3. The quantitative estimate of drug-likeness (QED) is 0.550. The number of rotatable bonds is 9. The molecule has 4 heteroatoms. The Balaban J connectivity index is 2.30. The molecule has 0 unspecified atom stereocenters. The smallest absolute Gasteiger partial charge is 0.309 e. The third kappa shape index (κ3) is 6.82. The van der Waals surface area contributed by atoms with Crippen molar-refractivity contribution in [1.29, 1.82) is 0 Å². The van der Waals surface area contributed by atoms with E-state index in [0.29, 0.717) is 6.61 Å². The van der Waals surface area contributed by atoms with E-state index in [9.17, 15) is 4.79 Å². The summed E-state index contributed by atoms with van der Waals surface area (Å²) in [6, 6.07) is 7.57. The van der Waals surface area contributed by atoms with Gasteiger partial charge in [-0.15, -0.1) is 0 Å². The highest BCUT2D eigenvalue weighted by molar-refractivity contribution is 5.72. The second kappa shape index (κ2) is 9.39. The van der Waals surface area contributed by atoms with Crippen molar-refractivity contribution in [2.45, 2.75) is 32.1 Å². The van der Waals surface area contributed by atoms with Gasteiger partial charge >= 0.3 is 5.97 Å². The van der Waals surface area contributed by atoms with E-state index < -0.39 is 0 Å². The fourth-order valence-corrected chi connectivity index (χ4v) is 1.77. The number of methoxy groups -OCH3 is 1. The maximum absolute atomic E-state index is 11.2. The minimum Gasteiger partial charge on any atom is -0.494 e. The standard InChI is InChI=1S/C15H23NO3/c1-18-15(17)12-13-7-6-8-14(11-13)19-10-5-3-2-4-9-16/h6-8,11H,2-5,9-10,12,16H2,1H3. The molecule has 0 heterocycles. The van der Waals surface area contributed by atoms with Crippen LogP contribution in [0.25, 0.3) is 0 Å². The third-order valence-electron chi connectivity index (χ3n) is 2.84. The lowest BCUT2D eigenvalue weighted by atomic mass is 10.1. The van der Waals surface area contributed by atoms with Crippen LogP contribution in [0.4, 0.5) is 0 Å². The molecule has 0 aliphatic heterocycles. The Labute approximate surface area is 114 Å². The average Bonchev–Trinajstić information content (AvgIpc) is 2.43. The maximum Gasteiger partial charge on any atom is 0.309 e. The maximum atomic E-state index is 11.2. The topological polar surface area (TPSA) is 61.5 Å². The first-order chi connectivity index (χ1) is 9.26. The normalized spacial score (nSPS) is 10.2. The first kappa shape index (κ1) is 15.5. The summed E-state index contributed by atoms with van der Waals surface area (Å²) >= 11 is 0. The zero-order chi connectivity index (χ0) is 13.9. The van der Waals surface area contributed by atoms with Crippen molar-refractivity contribution in [2.75, 3.05) is 20.3 Å². The Kier molecular flexibility index (Phi) is 7.66. The monoisotopic (exact) mass is 265 g/mol. The van der Waals surface area contributed by atoms with Gasteiger partial charge in [-0.3, -0.25) is 4.79 Å². The lowest BCUT2D eigenvalue weighted by Gasteiger charge is -2.07. The number of carbonyl (C=O) groups excluding carboxylic acids is 1. The summed E-state index contributed by atoms with van der Waals surface area (Å²) in [6.45, 7) is 1.46. The molecule has 0 saturated carbocycles. The average molecular weight is 265 g/mol. The number of nitrogens with two attached hydrogens (primary N) is 1. The number of hydrogen-bond acceptors (Lipinski definition) is 4. The van der Waals surface area contributed by atoms with Gasteiger partial charge < -0.3 is 15.2 Å². The molecule has 0 aromatic heterocycles. The van der Waals surface area contributed by atoms with Gasteiger partial charge in [0.05, 0.1) is 20.1 Å². The molecule has 0 amide bonds. The van der Waals surface area contributed by atoms with Crippen molar-refractivity contribution in [3.63, 3.8) is 0 Å². The molecule has 1 aromatic rings. The molecule has 0 atom stereocenters. The van der Waals surface area contributed by atoms with E-state index in [0.717, 1.165) is 43.5 Å². The molecule has 0 aliphatic rings. The predicted molar refractivity (Wildman–Crippen MR) is 75.2 cm³/mol. The van der Waals surface area contributed by atoms with Crippen LogP contribution in [0.5, 0.6) is 5.75 Å². The largest absolute Gasteiger partial charge is 0.494 e. The van der Waals surface area contributed by atoms with Crippen LogP contribution in [0.1, 0.15) is 31.2 Å². The molecular weight excluding hydrogens is 242 g/mol. The second-order valence-electron chi connectivity index (χ2n) is 4.45. The van der Waals surface area contributed by atoms with Crippen LogP contribution in [-0.2, 0) is 16.0 Å². The van der Waals surface area contributed by atoms with Gasteiger partial charge in [0.1, 0.15) is 5.75 Å². The summed E-state index contributed by atoms with van der Waals surface area (Å²) in [5.41, 5.74) is 6.34. The van der Waals surface area contributed by atoms with Crippen molar-refractivity contribution in [3.8, 4) is 5.75 Å². The van der Waals surface area contributed by atoms with Crippen LogP contribution in [0.15, 0.2) is 24.3 Å². The first-order valence-corrected chi connectivity index (χ1v) is 6.75. The van der Waals surface area contributed by atoms with E-state index in [2.05, 4.69) is 4.74 Å². The van der Waals surface area contributed by atoms with Gasteiger partial charge in [0, 0.05) is 0 Å². The van der Waals surface area contributed by atoms with Crippen molar-refractivity contribution in [1.82, 2.24) is 0 Å². The van der Waals surface area contributed by atoms with Crippen LogP contribution < -0.4 is 10.5 Å². The van der Waals surface area contributed by atoms with Crippen molar-refractivity contribution in [3.05, 3.63) is 29.8 Å². The fourth-order valence-electron chi connectivity index (χ4n) is 1.77. The van der Waals surface area contributed by atoms with Crippen LogP contribution in [0.3, 0.4) is 0 Å². The molecule has 0 aliphatic carbocycles. The van der Waals surface area contributed by atoms with E-state index in [1.807, 2.05) is 24.3 Å². The van der Waals surface area contributed by atoms with Crippen LogP contribution in [0, 0.1) is 0 Å². The highest BCUT2D eigenvalue weighted by Crippen LogP contribution is 2.14. The number of benzene rings is 1. The van der Waals surface area contributed by atoms with Crippen LogP contribution in [0.2, 0.25) is 0 Å². The van der Waals surface area contributed by atoms with Crippen LogP contribution in [-0.4, -0.2) is 26.2 Å². The Bertz CT molecular complexity index is 379. The molecule has 0 radical (unpaired) electrons. The minimum absolute atomic E-state index is 0.237. The predicted octanol–water partition coefficient (Wildman–Crippen LogP) is 2.30. The number of ether oxygens (including phenoxy) is 2. The molecule has 0 bridgehead atoms. The lowest BCUT2D eigenvalue weighted by Crippen LogP contribution is -2.05. The molecule has 1 rings (SSSR count). The Morgan fingerprint density at radius 1 is 1.21 bits per heavy atom. The fraction of sp³-hybridized carbons (Fsp3) is 0.533. The summed E-state index contributed by atoms with van der Waals surface area (Å²) in [5, 5.41) is 0. The summed E-state index contributed by atoms with van der Waals surface area (Å²) in [7, 11) is 1.39. The Morgan fingerprint density at radius 2 is 2.00 bits per heavy atom. The molecule has 4 nitrogen and oxygen atoms in total. The van der Waals surface area contributed by atoms with Gasteiger partial charge in [0.15, 0.2) is 0 Å². The van der Waals surface area contributed by atoms with Crippen LogP contribution >= 0.6 is 0 Å². The van der Waals surface area contributed by atoms with E-state index in [-0.39, 0.29) is 12.4 Å². The number of esters is 1. The van der Waals surface area contributed by atoms with E-state index in [1.165, 1.54) is 7.11 Å². The number of carbonyl (C=O) groups is 1. The first-order valence-electron chi connectivity index (χ1n) is 6.75. The summed E-state index contributed by atoms with van der Waals surface area (Å²) < 4.78 is 10.3. The van der Waals surface area contributed by atoms with Crippen molar-refractivity contribution in [2.24, 2.45) is 5.73 Å². The van der Waals surface area contributed by atoms with Gasteiger partial charge in [-0.25, -0.2) is 0 Å². The number of unbranched alkanes of at least 4 members (excludes halogenated alkanes) is 3. The molecule has 0 spiro atoms. The van der Waals surface area contributed by atoms with Gasteiger partial charge in [0.2, 0.25) is 0 Å². The highest BCUT2D eigenvalue weighted by Gasteiger charge is 2.03. The van der Waals surface area contributed by atoms with Crippen molar-refractivity contribution < 1.29 is 14.3 Å². The molecule has 106 valence electrons. The molecule has 0 saturated heterocycles. The second-order valence-corrected chi connectivity index (χ2v) is 4.45. The summed E-state index contributed by atoms with van der Waals surface area (Å²) in [4.78, 5) is 11.2. The zero-order valence-corrected chi connectivity index (χ0v) is 11.6. The highest BCUT2D eigenvalue weighted by atomic mass is 16.5. The summed E-state index contributed by atoms with van der Waals surface area (Å²) in [6.07, 6.45) is 4.68. The molecule has 1 aromatic carbocycles. The summed E-state index contributed by atoms with van der Waals surface area (Å²) in [5.74, 6) is 0.569. The van der Waals surface area contributed by atoms with Gasteiger partial charge in [-0.2, -0.15) is 0 Å². The lowest BCUT2D eigenvalue weighted by molar-refractivity contribution is -0.139. The number of hydrogen-bond donors (Lipinski definition) is 1. The third-order valence-corrected chi connectivity index (χ3v) is 2.84. The van der Waals surface area contributed by atoms with Crippen molar-refractivity contribution >= 4 is 5.97 Å². The minimum atomic E-state index is -0.237. The molecule has 19 heavy (non-hydrogen) atoms. The Hall–Kier alpha value is -1.55. The van der Waals surface area contributed by atoms with E-state index in [1.54, 1.807) is 0 Å². The Morgan fingerprint density at radius 3 is 2.74 bits per heavy atom. The van der Waals surface area contributed by atoms with Gasteiger partial charge in [-0.1, -0.05) is 25.0 Å². The van der Waals surface area contributed by atoms with E-state index in [4.69, 9.17) is 10.5 Å². The SMILES string of the molecule is COC(=O)Cc1cccc(OCCCCCCN)c1. The zero-order valence-electron chi connectivity index (χ0n) is 11.6. The van der Waals surface area contributed by atoms with Gasteiger partial charge in [0.25, 0.3) is 0 Å². The molecule has 2 N–H and O–H groups in total. The molecule has 0 fully saturated rings. The van der Waals surface area contributed by atoms with Gasteiger partial charge in [-0.05, 0) is 37.1 Å². The van der Waals surface area contributed by atoms with E-state index >= 15 is 0 Å².